The third-order valence-corrected chi connectivity index (χ3v) is 5.46. The SMILES string of the molecule is C[C@@H](C(=O)OCC(=O)N1CCCCC1)N1C(=O)c2cc(Cl)c(Cl)cc2C1=O. The number of esters is 1. The number of hydrogen-bond donors (Lipinski definition) is 0. The second kappa shape index (κ2) is 7.86. The summed E-state index contributed by atoms with van der Waals surface area (Å²) in [7, 11) is 0. The van der Waals surface area contributed by atoms with Crippen molar-refractivity contribution in [2.75, 3.05) is 19.7 Å². The zero-order valence-corrected chi connectivity index (χ0v) is 16.2. The number of imide groups is 1. The summed E-state index contributed by atoms with van der Waals surface area (Å²) >= 11 is 11.8. The van der Waals surface area contributed by atoms with E-state index in [1.807, 2.05) is 0 Å². The molecule has 9 heteroatoms. The summed E-state index contributed by atoms with van der Waals surface area (Å²) in [6, 6.07) is 1.43. The molecule has 0 spiro atoms. The minimum atomic E-state index is -1.18. The van der Waals surface area contributed by atoms with Crippen LogP contribution in [-0.2, 0) is 14.3 Å². The van der Waals surface area contributed by atoms with Crippen LogP contribution in [0.25, 0.3) is 0 Å². The minimum absolute atomic E-state index is 0.0819. The average Bonchev–Trinajstić information content (AvgIpc) is 2.90. The number of hydrogen-bond acceptors (Lipinski definition) is 5. The lowest BCUT2D eigenvalue weighted by Gasteiger charge is -2.27. The molecule has 1 fully saturated rings. The number of carbonyl (C=O) groups excluding carboxylic acids is 4. The molecule has 27 heavy (non-hydrogen) atoms. The third-order valence-electron chi connectivity index (χ3n) is 4.73. The van der Waals surface area contributed by atoms with Gasteiger partial charge in [-0.2, -0.15) is 0 Å². The van der Waals surface area contributed by atoms with Gasteiger partial charge in [0.25, 0.3) is 17.7 Å². The van der Waals surface area contributed by atoms with Crippen molar-refractivity contribution < 1.29 is 23.9 Å². The Hall–Kier alpha value is -2.12. The van der Waals surface area contributed by atoms with E-state index in [2.05, 4.69) is 0 Å². The number of likely N-dealkylation sites (tertiary alicyclic amines) is 1. The first kappa shape index (κ1) is 19.6. The molecule has 3 amide bonds. The van der Waals surface area contributed by atoms with E-state index in [1.54, 1.807) is 4.90 Å². The fourth-order valence-corrected chi connectivity index (χ4v) is 3.53. The maximum Gasteiger partial charge on any atom is 0.329 e. The topological polar surface area (TPSA) is 84.0 Å². The van der Waals surface area contributed by atoms with Crippen molar-refractivity contribution in [2.45, 2.75) is 32.2 Å². The number of amides is 3. The van der Waals surface area contributed by atoms with Gasteiger partial charge in [-0.05, 0) is 38.3 Å². The predicted molar refractivity (Wildman–Crippen MR) is 97.8 cm³/mol. The van der Waals surface area contributed by atoms with Crippen molar-refractivity contribution >= 4 is 46.9 Å². The van der Waals surface area contributed by atoms with Crippen molar-refractivity contribution in [3.63, 3.8) is 0 Å². The molecule has 1 aromatic carbocycles. The second-order valence-electron chi connectivity index (χ2n) is 6.52. The number of carbonyl (C=O) groups is 4. The molecule has 144 valence electrons. The van der Waals surface area contributed by atoms with Gasteiger partial charge in [0.05, 0.1) is 21.2 Å². The molecule has 0 N–H and O–H groups in total. The maximum absolute atomic E-state index is 12.5. The van der Waals surface area contributed by atoms with Gasteiger partial charge in [0.1, 0.15) is 6.04 Å². The monoisotopic (exact) mass is 412 g/mol. The normalized spacial score (nSPS) is 17.7. The molecule has 0 unspecified atom stereocenters. The molecule has 0 aliphatic carbocycles. The smallest absolute Gasteiger partial charge is 0.329 e. The lowest BCUT2D eigenvalue weighted by molar-refractivity contribution is -0.155. The number of benzene rings is 1. The number of nitrogens with zero attached hydrogens (tertiary/aromatic N) is 2. The van der Waals surface area contributed by atoms with Gasteiger partial charge in [-0.15, -0.1) is 0 Å². The zero-order chi connectivity index (χ0) is 19.7. The van der Waals surface area contributed by atoms with Crippen LogP contribution in [0.3, 0.4) is 0 Å². The van der Waals surface area contributed by atoms with E-state index in [1.165, 1.54) is 19.1 Å². The highest BCUT2D eigenvalue weighted by atomic mass is 35.5. The Kier molecular flexibility index (Phi) is 5.72. The summed E-state index contributed by atoms with van der Waals surface area (Å²) < 4.78 is 5.05. The standard InChI is InChI=1S/C18H18Cl2N2O5/c1-10(18(26)27-9-15(23)21-5-3-2-4-6-21)22-16(24)11-7-13(19)14(20)8-12(11)17(22)25/h7-8,10H,2-6,9H2,1H3/t10-/m0/s1. The average molecular weight is 413 g/mol. The molecule has 1 atom stereocenters. The van der Waals surface area contributed by atoms with Crippen LogP contribution in [0.1, 0.15) is 46.9 Å². The van der Waals surface area contributed by atoms with Gasteiger partial charge in [0.15, 0.2) is 6.61 Å². The van der Waals surface area contributed by atoms with E-state index < -0.39 is 30.4 Å². The van der Waals surface area contributed by atoms with E-state index >= 15 is 0 Å². The Labute approximate surface area is 166 Å². The molecule has 2 aliphatic rings. The second-order valence-corrected chi connectivity index (χ2v) is 7.33. The molecule has 0 radical (unpaired) electrons. The van der Waals surface area contributed by atoms with Crippen molar-refractivity contribution in [3.05, 3.63) is 33.3 Å². The van der Waals surface area contributed by atoms with Crippen molar-refractivity contribution in [1.82, 2.24) is 9.80 Å². The lowest BCUT2D eigenvalue weighted by Crippen LogP contribution is -2.45. The van der Waals surface area contributed by atoms with Gasteiger partial charge in [0.2, 0.25) is 0 Å². The fourth-order valence-electron chi connectivity index (χ4n) is 3.20. The van der Waals surface area contributed by atoms with Gasteiger partial charge in [-0.3, -0.25) is 19.3 Å². The number of halogens is 2. The summed E-state index contributed by atoms with van der Waals surface area (Å²) in [6.07, 6.45) is 2.93. The Morgan fingerprint density at radius 3 is 2.07 bits per heavy atom. The summed E-state index contributed by atoms with van der Waals surface area (Å²) in [5.74, 6) is -2.41. The zero-order valence-electron chi connectivity index (χ0n) is 14.7. The van der Waals surface area contributed by atoms with Gasteiger partial charge >= 0.3 is 5.97 Å². The van der Waals surface area contributed by atoms with Crippen LogP contribution in [-0.4, -0.2) is 59.2 Å². The fraction of sp³-hybridized carbons (Fsp3) is 0.444. The number of fused-ring (bicyclic) bond motifs is 1. The molecule has 2 heterocycles. The lowest BCUT2D eigenvalue weighted by atomic mass is 10.1. The van der Waals surface area contributed by atoms with Crippen LogP contribution >= 0.6 is 23.2 Å². The van der Waals surface area contributed by atoms with Crippen molar-refractivity contribution in [2.24, 2.45) is 0 Å². The molecular weight excluding hydrogens is 395 g/mol. The Morgan fingerprint density at radius 2 is 1.56 bits per heavy atom. The quantitative estimate of drug-likeness (QED) is 0.560. The van der Waals surface area contributed by atoms with E-state index in [4.69, 9.17) is 27.9 Å². The van der Waals surface area contributed by atoms with Crippen LogP contribution in [0.15, 0.2) is 12.1 Å². The molecule has 1 saturated heterocycles. The highest BCUT2D eigenvalue weighted by Gasteiger charge is 2.42. The summed E-state index contributed by atoms with van der Waals surface area (Å²) in [5.41, 5.74) is 0.164. The highest BCUT2D eigenvalue weighted by molar-refractivity contribution is 6.43. The number of ether oxygens (including phenoxy) is 1. The Morgan fingerprint density at radius 1 is 1.04 bits per heavy atom. The van der Waals surface area contributed by atoms with E-state index in [0.717, 1.165) is 24.2 Å². The molecule has 3 rings (SSSR count). The third kappa shape index (κ3) is 3.80. The van der Waals surface area contributed by atoms with Crippen LogP contribution in [0, 0.1) is 0 Å². The molecule has 2 aliphatic heterocycles. The van der Waals surface area contributed by atoms with Crippen molar-refractivity contribution in [3.8, 4) is 0 Å². The van der Waals surface area contributed by atoms with Gasteiger partial charge in [-0.1, -0.05) is 23.2 Å². The highest BCUT2D eigenvalue weighted by Crippen LogP contribution is 2.32. The molecule has 0 aromatic heterocycles. The van der Waals surface area contributed by atoms with E-state index in [0.29, 0.717) is 13.1 Å². The van der Waals surface area contributed by atoms with Crippen LogP contribution < -0.4 is 0 Å². The van der Waals surface area contributed by atoms with Crippen LogP contribution in [0.5, 0.6) is 0 Å². The summed E-state index contributed by atoms with van der Waals surface area (Å²) in [6.45, 7) is 2.25. The van der Waals surface area contributed by atoms with Gasteiger partial charge in [-0.25, -0.2) is 4.79 Å². The summed E-state index contributed by atoms with van der Waals surface area (Å²) in [5, 5.41) is 0.279. The maximum atomic E-state index is 12.5. The molecule has 0 bridgehead atoms. The first-order chi connectivity index (χ1) is 12.8. The van der Waals surface area contributed by atoms with Gasteiger partial charge < -0.3 is 9.64 Å². The largest absolute Gasteiger partial charge is 0.454 e. The number of rotatable bonds is 4. The van der Waals surface area contributed by atoms with Crippen LogP contribution in [0.4, 0.5) is 0 Å². The molecule has 7 nitrogen and oxygen atoms in total. The first-order valence-electron chi connectivity index (χ1n) is 8.62. The Bertz CT molecular complexity index is 779. The van der Waals surface area contributed by atoms with E-state index in [9.17, 15) is 19.2 Å². The van der Waals surface area contributed by atoms with Gasteiger partial charge in [0, 0.05) is 13.1 Å². The predicted octanol–water partition coefficient (Wildman–Crippen LogP) is 2.53. The molecular formula is C18H18Cl2N2O5. The molecule has 1 aromatic rings. The Balaban J connectivity index is 1.66. The summed E-state index contributed by atoms with van der Waals surface area (Å²) in [4.78, 5) is 51.9. The molecule has 0 saturated carbocycles. The van der Waals surface area contributed by atoms with E-state index in [-0.39, 0.29) is 27.1 Å². The number of piperidine rings is 1. The van der Waals surface area contributed by atoms with Crippen LogP contribution in [0.2, 0.25) is 10.0 Å². The first-order valence-corrected chi connectivity index (χ1v) is 9.38. The van der Waals surface area contributed by atoms with Crippen molar-refractivity contribution in [1.29, 1.82) is 0 Å². The minimum Gasteiger partial charge on any atom is -0.454 e.